The van der Waals surface area contributed by atoms with Crippen LogP contribution in [0.3, 0.4) is 0 Å². The van der Waals surface area contributed by atoms with Crippen molar-refractivity contribution < 1.29 is 17.2 Å². The predicted molar refractivity (Wildman–Crippen MR) is 129 cm³/mol. The molecule has 4 aliphatic carbocycles. The molecular weight excluding hydrogens is 420 g/mol. The van der Waals surface area contributed by atoms with Gasteiger partial charge in [-0.1, -0.05) is 44.1 Å². The van der Waals surface area contributed by atoms with Crippen molar-refractivity contribution in [1.82, 2.24) is 0 Å². The minimum atomic E-state index is -4.37. The van der Waals surface area contributed by atoms with Gasteiger partial charge in [-0.2, -0.15) is 8.42 Å². The van der Waals surface area contributed by atoms with Crippen LogP contribution in [0.2, 0.25) is 0 Å². The molecule has 0 aliphatic heterocycles. The smallest absolute Gasteiger partial charge is 0.264 e. The van der Waals surface area contributed by atoms with E-state index in [0.29, 0.717) is 17.3 Å². The maximum atomic E-state index is 11.2. The lowest BCUT2D eigenvalue weighted by Gasteiger charge is -2.58. The van der Waals surface area contributed by atoms with Crippen LogP contribution < -0.4 is 0 Å². The van der Waals surface area contributed by atoms with Crippen LogP contribution in [-0.2, 0) is 14.6 Å². The Labute approximate surface area is 196 Å². The van der Waals surface area contributed by atoms with Crippen LogP contribution in [0, 0.1) is 40.4 Å². The van der Waals surface area contributed by atoms with Crippen LogP contribution in [0.4, 0.5) is 0 Å². The van der Waals surface area contributed by atoms with Gasteiger partial charge in [0.2, 0.25) is 0 Å². The highest BCUT2D eigenvalue weighted by Gasteiger charge is 2.58. The molecule has 0 heterocycles. The van der Waals surface area contributed by atoms with Gasteiger partial charge in [-0.15, -0.1) is 0 Å². The molecule has 4 nitrogen and oxygen atoms in total. The van der Waals surface area contributed by atoms with E-state index in [4.69, 9.17) is 8.74 Å². The van der Waals surface area contributed by atoms with Crippen LogP contribution >= 0.6 is 0 Å². The van der Waals surface area contributed by atoms with Crippen molar-refractivity contribution in [3.63, 3.8) is 0 Å². The van der Waals surface area contributed by atoms with Crippen molar-refractivity contribution in [2.24, 2.45) is 40.4 Å². The summed E-state index contributed by atoms with van der Waals surface area (Å²) < 4.78 is 36.6. The van der Waals surface area contributed by atoms with Crippen LogP contribution in [0.15, 0.2) is 23.3 Å². The molecule has 8 atom stereocenters. The van der Waals surface area contributed by atoms with E-state index >= 15 is 0 Å². The number of rotatable bonds is 6. The third-order valence-corrected chi connectivity index (χ3v) is 10.7. The standard InChI is InChI=1S/C27H44O4S/c1-18(2)7-6-8-19(3)23-11-12-24-22-10-9-20-17-21(31-32(28,29)30)13-15-26(20,4)25(22)14-16-27(23,24)5/h7,10,19-21,23-25H,6,8-9,11-17H2,1-5H3,(H,28,29,30)/t19-,20+,21+,23-,24+,25+,26+,27-/m1/s1. The molecular formula is C27H44O4S. The van der Waals surface area contributed by atoms with Crippen molar-refractivity contribution in [2.45, 2.75) is 105 Å². The minimum Gasteiger partial charge on any atom is -0.264 e. The zero-order valence-electron chi connectivity index (χ0n) is 20.8. The van der Waals surface area contributed by atoms with E-state index in [1.54, 1.807) is 5.57 Å². The maximum Gasteiger partial charge on any atom is 0.397 e. The van der Waals surface area contributed by atoms with Gasteiger partial charge in [-0.05, 0) is 118 Å². The van der Waals surface area contributed by atoms with E-state index in [0.717, 1.165) is 43.4 Å². The van der Waals surface area contributed by atoms with E-state index in [1.807, 2.05) is 0 Å². The number of fused-ring (bicyclic) bond motifs is 5. The molecule has 4 rings (SSSR count). The largest absolute Gasteiger partial charge is 0.397 e. The van der Waals surface area contributed by atoms with Crippen molar-refractivity contribution in [3.05, 3.63) is 23.3 Å². The lowest BCUT2D eigenvalue weighted by molar-refractivity contribution is -0.0372. The van der Waals surface area contributed by atoms with E-state index < -0.39 is 10.4 Å². The predicted octanol–water partition coefficient (Wildman–Crippen LogP) is 7.14. The summed E-state index contributed by atoms with van der Waals surface area (Å²) in [5.41, 5.74) is 3.84. The number of hydrogen-bond donors (Lipinski definition) is 1. The highest BCUT2D eigenvalue weighted by atomic mass is 32.3. The molecule has 0 spiro atoms. The molecule has 3 fully saturated rings. The molecule has 3 saturated carbocycles. The van der Waals surface area contributed by atoms with Gasteiger partial charge in [0.05, 0.1) is 6.10 Å². The zero-order valence-corrected chi connectivity index (χ0v) is 21.6. The molecule has 0 saturated heterocycles. The van der Waals surface area contributed by atoms with E-state index in [9.17, 15) is 8.42 Å². The van der Waals surface area contributed by atoms with Crippen molar-refractivity contribution >= 4 is 10.4 Å². The lowest BCUT2D eigenvalue weighted by atomic mass is 9.47. The van der Waals surface area contributed by atoms with E-state index in [1.165, 1.54) is 44.1 Å². The third kappa shape index (κ3) is 4.51. The molecule has 1 N–H and O–H groups in total. The summed E-state index contributed by atoms with van der Waals surface area (Å²) >= 11 is 0. The molecule has 0 aromatic heterocycles. The van der Waals surface area contributed by atoms with Gasteiger partial charge in [0, 0.05) is 0 Å². The van der Waals surface area contributed by atoms with Gasteiger partial charge >= 0.3 is 10.4 Å². The molecule has 5 heteroatoms. The first-order valence-electron chi connectivity index (χ1n) is 12.9. The quantitative estimate of drug-likeness (QED) is 0.335. The van der Waals surface area contributed by atoms with E-state index in [2.05, 4.69) is 46.8 Å². The Bertz CT molecular complexity index is 870. The molecule has 0 unspecified atom stereocenters. The Morgan fingerprint density at radius 1 is 1.16 bits per heavy atom. The van der Waals surface area contributed by atoms with Crippen molar-refractivity contribution in [3.8, 4) is 0 Å². The fraction of sp³-hybridized carbons (Fsp3) is 0.852. The zero-order chi connectivity index (χ0) is 23.3. The summed E-state index contributed by atoms with van der Waals surface area (Å²) in [7, 11) is -4.37. The Balaban J connectivity index is 1.49. The van der Waals surface area contributed by atoms with Gasteiger partial charge in [0.25, 0.3) is 0 Å². The maximum absolute atomic E-state index is 11.2. The summed E-state index contributed by atoms with van der Waals surface area (Å²) in [5.74, 6) is 3.40. The molecule has 182 valence electrons. The fourth-order valence-corrected chi connectivity index (χ4v) is 9.06. The van der Waals surface area contributed by atoms with Gasteiger partial charge in [0.1, 0.15) is 0 Å². The Morgan fingerprint density at radius 3 is 2.53 bits per heavy atom. The topological polar surface area (TPSA) is 63.6 Å². The first-order valence-corrected chi connectivity index (χ1v) is 14.3. The molecule has 0 radical (unpaired) electrons. The average molecular weight is 465 g/mol. The molecule has 0 bridgehead atoms. The lowest BCUT2D eigenvalue weighted by Crippen LogP contribution is -2.50. The van der Waals surface area contributed by atoms with Gasteiger partial charge in [-0.3, -0.25) is 4.55 Å². The summed E-state index contributed by atoms with van der Waals surface area (Å²) in [6.07, 6.45) is 15.9. The Morgan fingerprint density at radius 2 is 1.84 bits per heavy atom. The van der Waals surface area contributed by atoms with Gasteiger partial charge in [-0.25, -0.2) is 4.18 Å². The third-order valence-electron chi connectivity index (χ3n) is 10.2. The van der Waals surface area contributed by atoms with Crippen LogP contribution in [-0.4, -0.2) is 19.1 Å². The monoisotopic (exact) mass is 464 g/mol. The Hall–Kier alpha value is -0.650. The van der Waals surface area contributed by atoms with Crippen molar-refractivity contribution in [2.75, 3.05) is 0 Å². The highest BCUT2D eigenvalue weighted by Crippen LogP contribution is 2.67. The summed E-state index contributed by atoms with van der Waals surface area (Å²) in [6.45, 7) is 11.9. The van der Waals surface area contributed by atoms with Gasteiger partial charge in [0.15, 0.2) is 0 Å². The van der Waals surface area contributed by atoms with E-state index in [-0.39, 0.29) is 11.5 Å². The second kappa shape index (κ2) is 8.85. The Kier molecular flexibility index (Phi) is 6.77. The first-order chi connectivity index (χ1) is 14.9. The summed E-state index contributed by atoms with van der Waals surface area (Å²) in [4.78, 5) is 0. The molecule has 0 aromatic rings. The summed E-state index contributed by atoms with van der Waals surface area (Å²) in [6, 6.07) is 0. The second-order valence-corrected chi connectivity index (χ2v) is 13.3. The number of hydrogen-bond acceptors (Lipinski definition) is 3. The van der Waals surface area contributed by atoms with Crippen LogP contribution in [0.1, 0.15) is 98.8 Å². The first kappa shape index (κ1) is 24.5. The molecule has 32 heavy (non-hydrogen) atoms. The molecule has 0 amide bonds. The average Bonchev–Trinajstić information content (AvgIpc) is 3.04. The second-order valence-electron chi connectivity index (χ2n) is 12.2. The SMILES string of the molecule is CC(C)=CCC[C@@H](C)[C@H]1CC[C@H]2C3=CC[C@H]4C[C@@H](OS(=O)(=O)O)CC[C@]4(C)[C@H]3CC[C@]12C. The van der Waals surface area contributed by atoms with Crippen molar-refractivity contribution in [1.29, 1.82) is 0 Å². The molecule has 4 aliphatic rings. The molecule has 0 aromatic carbocycles. The summed E-state index contributed by atoms with van der Waals surface area (Å²) in [5, 5.41) is 0. The van der Waals surface area contributed by atoms with Crippen LogP contribution in [0.5, 0.6) is 0 Å². The van der Waals surface area contributed by atoms with Crippen LogP contribution in [0.25, 0.3) is 0 Å². The number of allylic oxidation sites excluding steroid dienone is 4. The highest BCUT2D eigenvalue weighted by molar-refractivity contribution is 7.80. The fourth-order valence-electron chi connectivity index (χ4n) is 8.54. The normalized spacial score (nSPS) is 42.3. The minimum absolute atomic E-state index is 0.234. The van der Waals surface area contributed by atoms with Gasteiger partial charge < -0.3 is 0 Å².